The van der Waals surface area contributed by atoms with E-state index in [2.05, 4.69) is 20.7 Å². The van der Waals surface area contributed by atoms with Gasteiger partial charge in [-0.3, -0.25) is 0 Å². The van der Waals surface area contributed by atoms with E-state index in [1.165, 1.54) is 0 Å². The molecular weight excluding hydrogens is 268 g/mol. The summed E-state index contributed by atoms with van der Waals surface area (Å²) in [6.07, 6.45) is -4.79. The van der Waals surface area contributed by atoms with Gasteiger partial charge in [-0.1, -0.05) is 15.9 Å². The van der Waals surface area contributed by atoms with Crippen molar-refractivity contribution in [3.63, 3.8) is 0 Å². The zero-order valence-corrected chi connectivity index (χ0v) is 8.32. The van der Waals surface area contributed by atoms with Crippen molar-refractivity contribution in [2.75, 3.05) is 0 Å². The van der Waals surface area contributed by atoms with Crippen LogP contribution in [0.1, 0.15) is 5.56 Å². The molecule has 6 heteroatoms. The minimum Gasteiger partial charge on any atom is -0.406 e. The van der Waals surface area contributed by atoms with Gasteiger partial charge in [-0.2, -0.15) is 0 Å². The van der Waals surface area contributed by atoms with Gasteiger partial charge in [0.25, 0.3) is 0 Å². The van der Waals surface area contributed by atoms with Gasteiger partial charge in [0.2, 0.25) is 0 Å². The number of halogens is 5. The molecule has 0 unspecified atom stereocenters. The molecule has 0 amide bonds. The Bertz CT molecular complexity index is 324. The van der Waals surface area contributed by atoms with Crippen LogP contribution in [0.4, 0.5) is 17.6 Å². The summed E-state index contributed by atoms with van der Waals surface area (Å²) in [5.41, 5.74) is 0.379. The number of alkyl halides is 4. The van der Waals surface area contributed by atoms with E-state index in [-0.39, 0.29) is 5.33 Å². The third-order valence-electron chi connectivity index (χ3n) is 1.32. The van der Waals surface area contributed by atoms with Crippen molar-refractivity contribution in [1.29, 1.82) is 0 Å². The Morgan fingerprint density at radius 3 is 2.36 bits per heavy atom. The normalized spacial score (nSPS) is 11.5. The number of hydrogen-bond donors (Lipinski definition) is 0. The van der Waals surface area contributed by atoms with Crippen LogP contribution >= 0.6 is 15.9 Å². The first-order chi connectivity index (χ1) is 6.40. The highest BCUT2D eigenvalue weighted by atomic mass is 79.9. The summed E-state index contributed by atoms with van der Waals surface area (Å²) in [6.45, 7) is 0. The standard InChI is InChI=1S/C8H5BrF4O/c9-4-5-1-6(10)3-7(2-5)14-8(11,12)13/h1-3H,4H2. The molecule has 1 aromatic rings. The molecule has 0 atom stereocenters. The van der Waals surface area contributed by atoms with E-state index in [1.54, 1.807) is 0 Å². The number of hydrogen-bond acceptors (Lipinski definition) is 1. The molecule has 1 aromatic carbocycles. The number of rotatable bonds is 2. The zero-order chi connectivity index (χ0) is 10.8. The van der Waals surface area contributed by atoms with Crippen LogP contribution in [0.5, 0.6) is 5.75 Å². The highest BCUT2D eigenvalue weighted by Crippen LogP contribution is 2.25. The molecule has 0 heterocycles. The Hall–Kier alpha value is -0.780. The second-order valence-corrected chi connectivity index (χ2v) is 3.04. The van der Waals surface area contributed by atoms with Crippen LogP contribution in [0, 0.1) is 5.82 Å². The van der Waals surface area contributed by atoms with Gasteiger partial charge in [-0.05, 0) is 17.7 Å². The van der Waals surface area contributed by atoms with Crippen LogP contribution in [0.25, 0.3) is 0 Å². The van der Waals surface area contributed by atoms with E-state index in [1.807, 2.05) is 0 Å². The Morgan fingerprint density at radius 1 is 1.21 bits per heavy atom. The third kappa shape index (κ3) is 3.53. The molecule has 0 saturated carbocycles. The van der Waals surface area contributed by atoms with Gasteiger partial charge in [0.05, 0.1) is 0 Å². The van der Waals surface area contributed by atoms with E-state index in [0.29, 0.717) is 11.6 Å². The second kappa shape index (κ2) is 4.16. The van der Waals surface area contributed by atoms with Crippen molar-refractivity contribution in [2.24, 2.45) is 0 Å². The molecule has 78 valence electrons. The van der Waals surface area contributed by atoms with Gasteiger partial charge in [0.15, 0.2) is 0 Å². The first-order valence-electron chi connectivity index (χ1n) is 3.52. The van der Waals surface area contributed by atoms with Gasteiger partial charge in [-0.25, -0.2) is 4.39 Å². The molecule has 0 radical (unpaired) electrons. The first kappa shape index (κ1) is 11.3. The summed E-state index contributed by atoms with van der Waals surface area (Å²) in [7, 11) is 0. The summed E-state index contributed by atoms with van der Waals surface area (Å²) in [5.74, 6) is -1.31. The van der Waals surface area contributed by atoms with Crippen molar-refractivity contribution < 1.29 is 22.3 Å². The molecule has 0 aliphatic carbocycles. The summed E-state index contributed by atoms with van der Waals surface area (Å²) < 4.78 is 51.5. The van der Waals surface area contributed by atoms with Crippen molar-refractivity contribution >= 4 is 15.9 Å². The largest absolute Gasteiger partial charge is 0.573 e. The Labute approximate surface area is 85.8 Å². The molecule has 0 aromatic heterocycles. The maximum atomic E-state index is 12.7. The molecule has 1 rings (SSSR count). The molecule has 0 aliphatic heterocycles. The lowest BCUT2D eigenvalue weighted by Crippen LogP contribution is -2.17. The lowest BCUT2D eigenvalue weighted by atomic mass is 10.2. The highest BCUT2D eigenvalue weighted by Gasteiger charge is 2.31. The van der Waals surface area contributed by atoms with E-state index in [9.17, 15) is 17.6 Å². The molecule has 1 nitrogen and oxygen atoms in total. The summed E-state index contributed by atoms with van der Waals surface area (Å²) >= 11 is 3.00. The van der Waals surface area contributed by atoms with Gasteiger partial charge in [0, 0.05) is 11.4 Å². The van der Waals surface area contributed by atoms with Gasteiger partial charge in [0.1, 0.15) is 11.6 Å². The quantitative estimate of drug-likeness (QED) is 0.590. The average Bonchev–Trinajstić information content (AvgIpc) is 1.99. The highest BCUT2D eigenvalue weighted by molar-refractivity contribution is 9.08. The molecule has 0 bridgehead atoms. The summed E-state index contributed by atoms with van der Waals surface area (Å²) in [6, 6.07) is 2.92. The van der Waals surface area contributed by atoms with Crippen molar-refractivity contribution in [3.05, 3.63) is 29.6 Å². The molecule has 0 aliphatic rings. The van der Waals surface area contributed by atoms with Crippen LogP contribution in [0.3, 0.4) is 0 Å². The summed E-state index contributed by atoms with van der Waals surface area (Å²) in [5, 5.41) is 0.263. The molecule has 0 N–H and O–H groups in total. The van der Waals surface area contributed by atoms with Gasteiger partial charge >= 0.3 is 6.36 Å². The molecule has 0 spiro atoms. The minimum absolute atomic E-state index is 0.263. The van der Waals surface area contributed by atoms with Gasteiger partial charge < -0.3 is 4.74 Å². The van der Waals surface area contributed by atoms with Crippen molar-refractivity contribution in [1.82, 2.24) is 0 Å². The fraction of sp³-hybridized carbons (Fsp3) is 0.250. The molecule has 0 fully saturated rings. The third-order valence-corrected chi connectivity index (χ3v) is 1.97. The Morgan fingerprint density at radius 2 is 1.86 bits per heavy atom. The lowest BCUT2D eigenvalue weighted by Gasteiger charge is -2.09. The van der Waals surface area contributed by atoms with Gasteiger partial charge in [-0.15, -0.1) is 13.2 Å². The number of benzene rings is 1. The van der Waals surface area contributed by atoms with E-state index in [4.69, 9.17) is 0 Å². The molecular formula is C8H5BrF4O. The second-order valence-electron chi connectivity index (χ2n) is 2.48. The fourth-order valence-corrected chi connectivity index (χ4v) is 1.21. The molecule has 14 heavy (non-hydrogen) atoms. The predicted molar refractivity (Wildman–Crippen MR) is 45.7 cm³/mol. The average molecular weight is 273 g/mol. The smallest absolute Gasteiger partial charge is 0.406 e. The van der Waals surface area contributed by atoms with E-state index in [0.717, 1.165) is 12.1 Å². The molecule has 0 saturated heterocycles. The van der Waals surface area contributed by atoms with E-state index >= 15 is 0 Å². The van der Waals surface area contributed by atoms with Crippen LogP contribution in [-0.4, -0.2) is 6.36 Å². The van der Waals surface area contributed by atoms with Crippen LogP contribution < -0.4 is 4.74 Å². The van der Waals surface area contributed by atoms with Crippen LogP contribution in [-0.2, 0) is 5.33 Å². The first-order valence-corrected chi connectivity index (χ1v) is 4.64. The Kier molecular flexibility index (Phi) is 3.36. The SMILES string of the molecule is Fc1cc(CBr)cc(OC(F)(F)F)c1. The van der Waals surface area contributed by atoms with Crippen LogP contribution in [0.2, 0.25) is 0 Å². The zero-order valence-electron chi connectivity index (χ0n) is 6.74. The monoisotopic (exact) mass is 272 g/mol. The minimum atomic E-state index is -4.79. The maximum absolute atomic E-state index is 12.7. The lowest BCUT2D eigenvalue weighted by molar-refractivity contribution is -0.274. The summed E-state index contributed by atoms with van der Waals surface area (Å²) in [4.78, 5) is 0. The maximum Gasteiger partial charge on any atom is 0.573 e. The number of ether oxygens (including phenoxy) is 1. The van der Waals surface area contributed by atoms with E-state index < -0.39 is 17.9 Å². The topological polar surface area (TPSA) is 9.23 Å². The van der Waals surface area contributed by atoms with Crippen molar-refractivity contribution in [2.45, 2.75) is 11.7 Å². The van der Waals surface area contributed by atoms with Crippen molar-refractivity contribution in [3.8, 4) is 5.75 Å². The Balaban J connectivity index is 2.92. The predicted octanol–water partition coefficient (Wildman–Crippen LogP) is 3.62. The van der Waals surface area contributed by atoms with Crippen LogP contribution in [0.15, 0.2) is 18.2 Å². The fourth-order valence-electron chi connectivity index (χ4n) is 0.890.